The highest BCUT2D eigenvalue weighted by Gasteiger charge is 2.11. The Labute approximate surface area is 128 Å². The van der Waals surface area contributed by atoms with Gasteiger partial charge in [0.2, 0.25) is 0 Å². The smallest absolute Gasteiger partial charge is 0.160 e. The molecule has 0 bridgehead atoms. The van der Waals surface area contributed by atoms with Crippen molar-refractivity contribution in [1.82, 2.24) is 9.78 Å². The van der Waals surface area contributed by atoms with Gasteiger partial charge in [-0.2, -0.15) is 5.10 Å². The fourth-order valence-electron chi connectivity index (χ4n) is 1.98. The molecule has 0 spiro atoms. The lowest BCUT2D eigenvalue weighted by molar-refractivity contribution is 0.507. The minimum Gasteiger partial charge on any atom is -0.384 e. The molecule has 6 heteroatoms. The third-order valence-corrected chi connectivity index (χ3v) is 3.55. The van der Waals surface area contributed by atoms with E-state index < -0.39 is 11.6 Å². The minimum atomic E-state index is -0.937. The summed E-state index contributed by atoms with van der Waals surface area (Å²) in [5.41, 5.74) is 7.81. The zero-order valence-electron chi connectivity index (χ0n) is 10.7. The second-order valence-electron chi connectivity index (χ2n) is 4.47. The summed E-state index contributed by atoms with van der Waals surface area (Å²) in [4.78, 5) is 0. The van der Waals surface area contributed by atoms with Crippen LogP contribution >= 0.6 is 15.9 Å². The van der Waals surface area contributed by atoms with Crippen LogP contribution in [-0.4, -0.2) is 9.78 Å². The van der Waals surface area contributed by atoms with Gasteiger partial charge in [-0.05, 0) is 24.3 Å². The van der Waals surface area contributed by atoms with Gasteiger partial charge in [0.25, 0.3) is 0 Å². The Balaban J connectivity index is 2.05. The summed E-state index contributed by atoms with van der Waals surface area (Å²) in [5.74, 6) is -1.50. The fourth-order valence-corrected chi connectivity index (χ4v) is 2.25. The molecule has 1 heterocycles. The fraction of sp³-hybridized carbons (Fsp3) is 0. The van der Waals surface area contributed by atoms with Crippen molar-refractivity contribution in [2.75, 3.05) is 5.73 Å². The third kappa shape index (κ3) is 2.67. The van der Waals surface area contributed by atoms with Gasteiger partial charge in [0, 0.05) is 22.2 Å². The SMILES string of the molecule is Nc1cc(-c2ccc(Br)cc2)nn1-c1ccc(F)c(F)c1. The number of nitrogens with two attached hydrogens (primary N) is 1. The average Bonchev–Trinajstić information content (AvgIpc) is 2.85. The lowest BCUT2D eigenvalue weighted by Gasteiger charge is -2.04. The van der Waals surface area contributed by atoms with Crippen molar-refractivity contribution in [1.29, 1.82) is 0 Å². The summed E-state index contributed by atoms with van der Waals surface area (Å²) in [6.45, 7) is 0. The quantitative estimate of drug-likeness (QED) is 0.754. The third-order valence-electron chi connectivity index (χ3n) is 3.02. The monoisotopic (exact) mass is 349 g/mol. The number of rotatable bonds is 2. The summed E-state index contributed by atoms with van der Waals surface area (Å²) < 4.78 is 28.6. The van der Waals surface area contributed by atoms with E-state index in [0.717, 1.165) is 22.2 Å². The van der Waals surface area contributed by atoms with E-state index >= 15 is 0 Å². The number of nitrogens with zero attached hydrogens (tertiary/aromatic N) is 2. The summed E-state index contributed by atoms with van der Waals surface area (Å²) in [6.07, 6.45) is 0. The Morgan fingerprint density at radius 2 is 1.67 bits per heavy atom. The van der Waals surface area contributed by atoms with Crippen LogP contribution in [0.1, 0.15) is 0 Å². The van der Waals surface area contributed by atoms with Crippen LogP contribution < -0.4 is 5.73 Å². The number of halogens is 3. The Morgan fingerprint density at radius 3 is 2.33 bits per heavy atom. The molecule has 0 aliphatic rings. The second-order valence-corrected chi connectivity index (χ2v) is 5.39. The number of nitrogen functional groups attached to an aromatic ring is 1. The Morgan fingerprint density at radius 1 is 0.952 bits per heavy atom. The van der Waals surface area contributed by atoms with Crippen LogP contribution in [0, 0.1) is 11.6 Å². The minimum absolute atomic E-state index is 0.346. The van der Waals surface area contributed by atoms with Crippen molar-refractivity contribution in [2.24, 2.45) is 0 Å². The van der Waals surface area contributed by atoms with Crippen molar-refractivity contribution < 1.29 is 8.78 Å². The Hall–Kier alpha value is -2.21. The molecule has 0 unspecified atom stereocenters. The zero-order valence-corrected chi connectivity index (χ0v) is 12.3. The van der Waals surface area contributed by atoms with Crippen LogP contribution in [0.5, 0.6) is 0 Å². The topological polar surface area (TPSA) is 43.8 Å². The highest BCUT2D eigenvalue weighted by atomic mass is 79.9. The molecule has 1 aromatic heterocycles. The number of aromatic nitrogens is 2. The van der Waals surface area contributed by atoms with E-state index in [9.17, 15) is 8.78 Å². The number of anilines is 1. The van der Waals surface area contributed by atoms with Crippen molar-refractivity contribution in [3.63, 3.8) is 0 Å². The van der Waals surface area contributed by atoms with Crippen LogP contribution in [0.15, 0.2) is 53.0 Å². The van der Waals surface area contributed by atoms with E-state index in [1.165, 1.54) is 10.7 Å². The molecule has 2 aromatic carbocycles. The van der Waals surface area contributed by atoms with Crippen LogP contribution in [-0.2, 0) is 0 Å². The molecule has 21 heavy (non-hydrogen) atoms. The van der Waals surface area contributed by atoms with Gasteiger partial charge in [-0.15, -0.1) is 0 Å². The van der Waals surface area contributed by atoms with E-state index in [0.29, 0.717) is 17.2 Å². The summed E-state index contributed by atoms with van der Waals surface area (Å²) in [5, 5.41) is 4.34. The molecule has 0 fully saturated rings. The second kappa shape index (κ2) is 5.29. The first-order valence-electron chi connectivity index (χ1n) is 6.11. The van der Waals surface area contributed by atoms with Gasteiger partial charge in [0.05, 0.1) is 11.4 Å². The number of hydrogen-bond donors (Lipinski definition) is 1. The zero-order chi connectivity index (χ0) is 15.0. The van der Waals surface area contributed by atoms with Gasteiger partial charge in [0.1, 0.15) is 5.82 Å². The van der Waals surface area contributed by atoms with E-state index in [2.05, 4.69) is 21.0 Å². The van der Waals surface area contributed by atoms with Crippen molar-refractivity contribution in [3.05, 3.63) is 64.6 Å². The maximum Gasteiger partial charge on any atom is 0.160 e. The molecule has 0 aliphatic heterocycles. The van der Waals surface area contributed by atoms with Crippen LogP contribution in [0.3, 0.4) is 0 Å². The van der Waals surface area contributed by atoms with Crippen molar-refractivity contribution in [3.8, 4) is 16.9 Å². The first-order valence-corrected chi connectivity index (χ1v) is 6.91. The Bertz CT molecular complexity index is 797. The van der Waals surface area contributed by atoms with E-state index in [1.807, 2.05) is 24.3 Å². The van der Waals surface area contributed by atoms with Gasteiger partial charge in [-0.1, -0.05) is 28.1 Å². The molecule has 3 aromatic rings. The van der Waals surface area contributed by atoms with E-state index in [-0.39, 0.29) is 0 Å². The predicted octanol–water partition coefficient (Wildman–Crippen LogP) is 4.16. The summed E-state index contributed by atoms with van der Waals surface area (Å²) in [7, 11) is 0. The maximum absolute atomic E-state index is 13.3. The maximum atomic E-state index is 13.3. The molecule has 0 aliphatic carbocycles. The van der Waals surface area contributed by atoms with Crippen LogP contribution in [0.25, 0.3) is 16.9 Å². The molecule has 0 saturated heterocycles. The molecular formula is C15H10BrF2N3. The van der Waals surface area contributed by atoms with Gasteiger partial charge in [-0.3, -0.25) is 0 Å². The first kappa shape index (κ1) is 13.8. The normalized spacial score (nSPS) is 10.8. The highest BCUT2D eigenvalue weighted by molar-refractivity contribution is 9.10. The first-order chi connectivity index (χ1) is 10.0. The molecule has 0 atom stereocenters. The van der Waals surface area contributed by atoms with Gasteiger partial charge < -0.3 is 5.73 Å². The summed E-state index contributed by atoms with van der Waals surface area (Å²) in [6, 6.07) is 12.8. The Kier molecular flexibility index (Phi) is 3.47. The number of benzene rings is 2. The molecular weight excluding hydrogens is 340 g/mol. The average molecular weight is 350 g/mol. The molecule has 0 saturated carbocycles. The largest absolute Gasteiger partial charge is 0.384 e. The molecule has 106 valence electrons. The highest BCUT2D eigenvalue weighted by Crippen LogP contribution is 2.25. The summed E-state index contributed by atoms with van der Waals surface area (Å²) >= 11 is 3.36. The number of hydrogen-bond acceptors (Lipinski definition) is 2. The molecule has 3 nitrogen and oxygen atoms in total. The standard InChI is InChI=1S/C15H10BrF2N3/c16-10-3-1-9(2-4-10)14-8-15(19)21(20-14)11-5-6-12(17)13(18)7-11/h1-8H,19H2. The molecule has 0 amide bonds. The predicted molar refractivity (Wildman–Crippen MR) is 81.0 cm³/mol. The lowest BCUT2D eigenvalue weighted by Crippen LogP contribution is -2.02. The molecule has 2 N–H and O–H groups in total. The van der Waals surface area contributed by atoms with E-state index in [4.69, 9.17) is 5.73 Å². The van der Waals surface area contributed by atoms with E-state index in [1.54, 1.807) is 6.07 Å². The van der Waals surface area contributed by atoms with Gasteiger partial charge >= 0.3 is 0 Å². The van der Waals surface area contributed by atoms with Crippen molar-refractivity contribution >= 4 is 21.7 Å². The van der Waals surface area contributed by atoms with Gasteiger partial charge in [-0.25, -0.2) is 13.5 Å². The van der Waals surface area contributed by atoms with Crippen LogP contribution in [0.4, 0.5) is 14.6 Å². The van der Waals surface area contributed by atoms with Crippen LogP contribution in [0.2, 0.25) is 0 Å². The van der Waals surface area contributed by atoms with Gasteiger partial charge in [0.15, 0.2) is 11.6 Å². The molecule has 0 radical (unpaired) electrons. The molecule has 3 rings (SSSR count). The lowest BCUT2D eigenvalue weighted by atomic mass is 10.2. The van der Waals surface area contributed by atoms with Crippen molar-refractivity contribution in [2.45, 2.75) is 0 Å².